The molecule has 1 aliphatic rings. The van der Waals surface area contributed by atoms with Gasteiger partial charge in [0, 0.05) is 18.3 Å². The summed E-state index contributed by atoms with van der Waals surface area (Å²) in [6, 6.07) is 8.49. The first kappa shape index (κ1) is 18.1. The molecule has 128 valence electrons. The quantitative estimate of drug-likeness (QED) is 0.663. The zero-order valence-electron chi connectivity index (χ0n) is 14.7. The van der Waals surface area contributed by atoms with Gasteiger partial charge in [-0.15, -0.1) is 0 Å². The van der Waals surface area contributed by atoms with Gasteiger partial charge < -0.3 is 15.0 Å². The maximum atomic E-state index is 6.02. The van der Waals surface area contributed by atoms with E-state index < -0.39 is 0 Å². The fourth-order valence-electron chi connectivity index (χ4n) is 2.69. The van der Waals surface area contributed by atoms with Crippen molar-refractivity contribution in [2.24, 2.45) is 4.99 Å². The second-order valence-corrected chi connectivity index (χ2v) is 7.18. The molecule has 2 rings (SSSR count). The van der Waals surface area contributed by atoms with Crippen LogP contribution in [0.3, 0.4) is 0 Å². The van der Waals surface area contributed by atoms with Crippen LogP contribution in [0.15, 0.2) is 29.3 Å². The van der Waals surface area contributed by atoms with Crippen LogP contribution in [0.1, 0.15) is 31.1 Å². The SMILES string of the molecule is CCNC(=NCC(C)SC)N1CCOC(c2ccccc2C)C1. The highest BCUT2D eigenvalue weighted by molar-refractivity contribution is 7.99. The maximum absolute atomic E-state index is 6.02. The van der Waals surface area contributed by atoms with Gasteiger partial charge in [-0.3, -0.25) is 4.99 Å². The number of nitrogens with zero attached hydrogens (tertiary/aromatic N) is 2. The molecule has 1 saturated heterocycles. The minimum absolute atomic E-state index is 0.117. The molecule has 2 atom stereocenters. The fourth-order valence-corrected chi connectivity index (χ4v) is 2.92. The number of guanidine groups is 1. The number of morpholine rings is 1. The van der Waals surface area contributed by atoms with Gasteiger partial charge in [-0.05, 0) is 31.2 Å². The van der Waals surface area contributed by atoms with Crippen LogP contribution < -0.4 is 5.32 Å². The number of aryl methyl sites for hydroxylation is 1. The zero-order valence-corrected chi connectivity index (χ0v) is 15.5. The second kappa shape index (κ2) is 9.18. The van der Waals surface area contributed by atoms with Crippen LogP contribution in [0.25, 0.3) is 0 Å². The Morgan fingerprint density at radius 1 is 1.48 bits per heavy atom. The topological polar surface area (TPSA) is 36.9 Å². The van der Waals surface area contributed by atoms with E-state index in [2.05, 4.69) is 61.5 Å². The van der Waals surface area contributed by atoms with E-state index in [1.165, 1.54) is 11.1 Å². The van der Waals surface area contributed by atoms with Crippen molar-refractivity contribution >= 4 is 17.7 Å². The first-order chi connectivity index (χ1) is 11.2. The number of thioether (sulfide) groups is 1. The van der Waals surface area contributed by atoms with E-state index in [0.29, 0.717) is 5.25 Å². The van der Waals surface area contributed by atoms with Gasteiger partial charge in [0.05, 0.1) is 19.7 Å². The molecule has 1 heterocycles. The summed E-state index contributed by atoms with van der Waals surface area (Å²) in [5, 5.41) is 3.97. The van der Waals surface area contributed by atoms with Crippen LogP contribution in [0.2, 0.25) is 0 Å². The van der Waals surface area contributed by atoms with Gasteiger partial charge >= 0.3 is 0 Å². The number of nitrogens with one attached hydrogen (secondary N) is 1. The van der Waals surface area contributed by atoms with Gasteiger partial charge in [-0.2, -0.15) is 11.8 Å². The molecule has 23 heavy (non-hydrogen) atoms. The molecule has 1 fully saturated rings. The smallest absolute Gasteiger partial charge is 0.194 e. The van der Waals surface area contributed by atoms with Crippen LogP contribution in [0, 0.1) is 6.92 Å². The van der Waals surface area contributed by atoms with E-state index in [1.54, 1.807) is 0 Å². The fraction of sp³-hybridized carbons (Fsp3) is 0.611. The van der Waals surface area contributed by atoms with E-state index in [-0.39, 0.29) is 6.10 Å². The predicted octanol–water partition coefficient (Wildman–Crippen LogP) is 3.09. The lowest BCUT2D eigenvalue weighted by Gasteiger charge is -2.36. The molecule has 0 aromatic heterocycles. The van der Waals surface area contributed by atoms with Crippen molar-refractivity contribution in [2.45, 2.75) is 32.1 Å². The van der Waals surface area contributed by atoms with Crippen molar-refractivity contribution in [1.82, 2.24) is 10.2 Å². The summed E-state index contributed by atoms with van der Waals surface area (Å²) in [6.07, 6.45) is 2.25. The summed E-state index contributed by atoms with van der Waals surface area (Å²) < 4.78 is 6.02. The van der Waals surface area contributed by atoms with Gasteiger partial charge in [0.1, 0.15) is 6.10 Å². The Kier molecular flexibility index (Phi) is 7.24. The van der Waals surface area contributed by atoms with Gasteiger partial charge in [-0.25, -0.2) is 0 Å². The monoisotopic (exact) mass is 335 g/mol. The normalized spacial score (nSPS) is 20.4. The largest absolute Gasteiger partial charge is 0.370 e. The molecule has 1 aromatic carbocycles. The summed E-state index contributed by atoms with van der Waals surface area (Å²) in [4.78, 5) is 7.14. The number of aliphatic imine (C=N–C) groups is 1. The molecule has 0 saturated carbocycles. The Morgan fingerprint density at radius 3 is 2.96 bits per heavy atom. The van der Waals surface area contributed by atoms with Gasteiger partial charge in [0.25, 0.3) is 0 Å². The molecule has 5 heteroatoms. The Labute approximate surface area is 144 Å². The number of hydrogen-bond acceptors (Lipinski definition) is 3. The molecule has 1 aromatic rings. The molecule has 1 aliphatic heterocycles. The lowest BCUT2D eigenvalue weighted by molar-refractivity contribution is -0.00832. The highest BCUT2D eigenvalue weighted by Crippen LogP contribution is 2.25. The molecule has 2 unspecified atom stereocenters. The van der Waals surface area contributed by atoms with Crippen molar-refractivity contribution < 1.29 is 4.74 Å². The summed E-state index contributed by atoms with van der Waals surface area (Å²) >= 11 is 1.85. The number of ether oxygens (including phenoxy) is 1. The maximum Gasteiger partial charge on any atom is 0.194 e. The number of hydrogen-bond donors (Lipinski definition) is 1. The standard InChI is InChI=1S/C18H29N3OS/c1-5-19-18(20-12-15(3)23-4)21-10-11-22-17(13-21)16-9-7-6-8-14(16)2/h6-9,15,17H,5,10-13H2,1-4H3,(H,19,20). The Balaban J connectivity index is 2.09. The Morgan fingerprint density at radius 2 is 2.26 bits per heavy atom. The first-order valence-corrected chi connectivity index (χ1v) is 9.67. The molecule has 1 N–H and O–H groups in total. The molecular formula is C18H29N3OS. The molecule has 0 amide bonds. The van der Waals surface area contributed by atoms with E-state index >= 15 is 0 Å². The highest BCUT2D eigenvalue weighted by Gasteiger charge is 2.25. The third kappa shape index (κ3) is 5.15. The zero-order chi connectivity index (χ0) is 16.7. The summed E-state index contributed by atoms with van der Waals surface area (Å²) in [5.41, 5.74) is 2.57. The highest BCUT2D eigenvalue weighted by atomic mass is 32.2. The van der Waals surface area contributed by atoms with E-state index in [4.69, 9.17) is 9.73 Å². The van der Waals surface area contributed by atoms with Crippen molar-refractivity contribution in [1.29, 1.82) is 0 Å². The first-order valence-electron chi connectivity index (χ1n) is 8.38. The molecular weight excluding hydrogens is 306 g/mol. The molecule has 0 spiro atoms. The van der Waals surface area contributed by atoms with Crippen LogP contribution in [-0.4, -0.2) is 55.2 Å². The lowest BCUT2D eigenvalue weighted by Crippen LogP contribution is -2.48. The average Bonchev–Trinajstić information content (AvgIpc) is 2.58. The summed E-state index contributed by atoms with van der Waals surface area (Å²) in [7, 11) is 0. The third-order valence-corrected chi connectivity index (χ3v) is 5.09. The van der Waals surface area contributed by atoms with Gasteiger partial charge in [-0.1, -0.05) is 31.2 Å². The number of rotatable bonds is 5. The minimum Gasteiger partial charge on any atom is -0.370 e. The summed E-state index contributed by atoms with van der Waals surface area (Å²) in [6.45, 7) is 10.7. The molecule has 0 bridgehead atoms. The van der Waals surface area contributed by atoms with Crippen molar-refractivity contribution in [3.63, 3.8) is 0 Å². The van der Waals surface area contributed by atoms with Crippen molar-refractivity contribution in [3.05, 3.63) is 35.4 Å². The van der Waals surface area contributed by atoms with Gasteiger partial charge in [0.2, 0.25) is 0 Å². The molecule has 0 aliphatic carbocycles. The predicted molar refractivity (Wildman–Crippen MR) is 100 cm³/mol. The number of benzene rings is 1. The average molecular weight is 336 g/mol. The van der Waals surface area contributed by atoms with Crippen molar-refractivity contribution in [3.8, 4) is 0 Å². The van der Waals surface area contributed by atoms with E-state index in [9.17, 15) is 0 Å². The van der Waals surface area contributed by atoms with E-state index in [0.717, 1.165) is 38.7 Å². The summed E-state index contributed by atoms with van der Waals surface area (Å²) in [5.74, 6) is 1.01. The van der Waals surface area contributed by atoms with E-state index in [1.807, 2.05) is 11.8 Å². The van der Waals surface area contributed by atoms with Crippen LogP contribution in [0.5, 0.6) is 0 Å². The Hall–Kier alpha value is -1.20. The van der Waals surface area contributed by atoms with Crippen LogP contribution >= 0.6 is 11.8 Å². The molecule has 0 radical (unpaired) electrons. The second-order valence-electron chi connectivity index (χ2n) is 5.90. The third-order valence-electron chi connectivity index (χ3n) is 4.14. The molecule has 4 nitrogen and oxygen atoms in total. The van der Waals surface area contributed by atoms with Crippen molar-refractivity contribution in [2.75, 3.05) is 39.0 Å². The van der Waals surface area contributed by atoms with Crippen LogP contribution in [0.4, 0.5) is 0 Å². The Bertz CT molecular complexity index is 521. The van der Waals surface area contributed by atoms with Gasteiger partial charge in [0.15, 0.2) is 5.96 Å². The minimum atomic E-state index is 0.117. The lowest BCUT2D eigenvalue weighted by atomic mass is 10.0. The van der Waals surface area contributed by atoms with Crippen LogP contribution in [-0.2, 0) is 4.74 Å².